The zero-order valence-electron chi connectivity index (χ0n) is 12.9. The summed E-state index contributed by atoms with van der Waals surface area (Å²) in [7, 11) is 0. The van der Waals surface area contributed by atoms with Crippen LogP contribution in [0, 0.1) is 20.8 Å². The van der Waals surface area contributed by atoms with Crippen molar-refractivity contribution in [2.75, 3.05) is 5.32 Å². The van der Waals surface area contributed by atoms with Gasteiger partial charge in [-0.05, 0) is 42.8 Å². The van der Waals surface area contributed by atoms with Crippen LogP contribution in [0.2, 0.25) is 0 Å². The van der Waals surface area contributed by atoms with Gasteiger partial charge in [-0.15, -0.1) is 0 Å². The van der Waals surface area contributed by atoms with Crippen LogP contribution in [-0.2, 0) is 6.67 Å². The second-order valence-electron chi connectivity index (χ2n) is 5.14. The lowest BCUT2D eigenvalue weighted by atomic mass is 10.4. The maximum Gasteiger partial charge on any atom is 0.277 e. The Labute approximate surface area is 140 Å². The predicted octanol–water partition coefficient (Wildman–Crippen LogP) is 2.51. The highest BCUT2D eigenvalue weighted by atomic mass is 79.9. The number of amides is 1. The smallest absolute Gasteiger partial charge is 0.277 e. The van der Waals surface area contributed by atoms with E-state index in [1.165, 1.54) is 0 Å². The summed E-state index contributed by atoms with van der Waals surface area (Å²) in [6.07, 6.45) is 1.73. The molecule has 3 aromatic rings. The summed E-state index contributed by atoms with van der Waals surface area (Å²) >= 11 is 3.49. The Morgan fingerprint density at radius 3 is 2.74 bits per heavy atom. The van der Waals surface area contributed by atoms with Gasteiger partial charge in [-0.25, -0.2) is 4.68 Å². The molecule has 0 atom stereocenters. The van der Waals surface area contributed by atoms with Crippen molar-refractivity contribution in [2.24, 2.45) is 0 Å². The van der Waals surface area contributed by atoms with Crippen molar-refractivity contribution >= 4 is 27.7 Å². The Bertz CT molecular complexity index is 863. The summed E-state index contributed by atoms with van der Waals surface area (Å²) in [6, 6.07) is 3.28. The number of aromatic nitrogens is 5. The Morgan fingerprint density at radius 1 is 1.35 bits per heavy atom. The Morgan fingerprint density at radius 2 is 2.13 bits per heavy atom. The minimum Gasteiger partial charge on any atom is -0.360 e. The summed E-state index contributed by atoms with van der Waals surface area (Å²) in [5.74, 6) is 0.650. The highest BCUT2D eigenvalue weighted by Gasteiger charge is 2.13. The van der Waals surface area contributed by atoms with Crippen molar-refractivity contribution in [2.45, 2.75) is 27.4 Å². The second kappa shape index (κ2) is 5.99. The van der Waals surface area contributed by atoms with Crippen LogP contribution >= 0.6 is 15.9 Å². The van der Waals surface area contributed by atoms with E-state index in [9.17, 15) is 4.79 Å². The number of hydrogen-bond acceptors (Lipinski definition) is 5. The second-order valence-corrected chi connectivity index (χ2v) is 5.94. The number of rotatable bonds is 4. The molecule has 3 heterocycles. The van der Waals surface area contributed by atoms with Gasteiger partial charge in [-0.2, -0.15) is 10.2 Å². The molecule has 0 saturated heterocycles. The number of aryl methyl sites for hydroxylation is 2. The quantitative estimate of drug-likeness (QED) is 0.752. The van der Waals surface area contributed by atoms with Crippen LogP contribution in [0.15, 0.2) is 27.3 Å². The molecular weight excluding hydrogens is 364 g/mol. The summed E-state index contributed by atoms with van der Waals surface area (Å²) in [4.78, 5) is 12.1. The number of hydrogen-bond donors (Lipinski definition) is 1. The van der Waals surface area contributed by atoms with E-state index in [-0.39, 0.29) is 5.91 Å². The van der Waals surface area contributed by atoms with Crippen molar-refractivity contribution in [3.8, 4) is 0 Å². The first-order chi connectivity index (χ1) is 10.9. The molecule has 0 unspecified atom stereocenters. The van der Waals surface area contributed by atoms with E-state index in [0.29, 0.717) is 23.9 Å². The number of carbonyl (C=O) groups is 1. The number of carbonyl (C=O) groups excluding carboxylic acids is 1. The molecule has 0 aliphatic rings. The van der Waals surface area contributed by atoms with Crippen LogP contribution in [0.25, 0.3) is 0 Å². The summed E-state index contributed by atoms with van der Waals surface area (Å²) in [6.45, 7) is 6.07. The molecule has 1 N–H and O–H groups in total. The molecule has 0 fully saturated rings. The maximum absolute atomic E-state index is 12.1. The van der Waals surface area contributed by atoms with E-state index in [1.54, 1.807) is 29.9 Å². The summed E-state index contributed by atoms with van der Waals surface area (Å²) < 4.78 is 9.34. The van der Waals surface area contributed by atoms with Gasteiger partial charge >= 0.3 is 0 Å². The SMILES string of the molecule is Cc1cc(NC(=O)c2ccn(Cn3nc(C)c(Br)c3C)n2)no1. The van der Waals surface area contributed by atoms with Gasteiger partial charge in [-0.1, -0.05) is 5.16 Å². The van der Waals surface area contributed by atoms with Gasteiger partial charge in [0.15, 0.2) is 11.5 Å². The van der Waals surface area contributed by atoms with Crippen LogP contribution in [0.3, 0.4) is 0 Å². The number of anilines is 1. The van der Waals surface area contributed by atoms with E-state index in [1.807, 2.05) is 18.5 Å². The number of halogens is 1. The Kier molecular flexibility index (Phi) is 4.03. The van der Waals surface area contributed by atoms with Gasteiger partial charge in [0, 0.05) is 12.3 Å². The van der Waals surface area contributed by atoms with E-state index in [2.05, 4.69) is 36.6 Å². The normalized spacial score (nSPS) is 11.0. The molecular formula is C14H15BrN6O2. The van der Waals surface area contributed by atoms with Gasteiger partial charge in [0.25, 0.3) is 5.91 Å². The highest BCUT2D eigenvalue weighted by Crippen LogP contribution is 2.19. The largest absolute Gasteiger partial charge is 0.360 e. The first kappa shape index (κ1) is 15.5. The first-order valence-corrected chi connectivity index (χ1v) is 7.71. The Balaban J connectivity index is 1.72. The van der Waals surface area contributed by atoms with Crippen molar-refractivity contribution in [3.63, 3.8) is 0 Å². The van der Waals surface area contributed by atoms with Crippen LogP contribution in [-0.4, -0.2) is 30.6 Å². The number of nitrogens with zero attached hydrogens (tertiary/aromatic N) is 5. The molecule has 0 radical (unpaired) electrons. The van der Waals surface area contributed by atoms with Crippen molar-refractivity contribution in [1.29, 1.82) is 0 Å². The van der Waals surface area contributed by atoms with Gasteiger partial charge in [0.2, 0.25) is 0 Å². The third-order valence-corrected chi connectivity index (χ3v) is 4.46. The van der Waals surface area contributed by atoms with Crippen LogP contribution in [0.1, 0.15) is 27.6 Å². The molecule has 9 heteroatoms. The number of nitrogens with one attached hydrogen (secondary N) is 1. The van der Waals surface area contributed by atoms with Gasteiger partial charge in [0.05, 0.1) is 15.9 Å². The van der Waals surface area contributed by atoms with Crippen LogP contribution in [0.5, 0.6) is 0 Å². The lowest BCUT2D eigenvalue weighted by Gasteiger charge is -2.04. The van der Waals surface area contributed by atoms with E-state index >= 15 is 0 Å². The molecule has 23 heavy (non-hydrogen) atoms. The average Bonchev–Trinajstić information content (AvgIpc) is 3.18. The van der Waals surface area contributed by atoms with Gasteiger partial charge in [0.1, 0.15) is 12.4 Å². The van der Waals surface area contributed by atoms with E-state index in [4.69, 9.17) is 4.52 Å². The monoisotopic (exact) mass is 378 g/mol. The fourth-order valence-corrected chi connectivity index (χ4v) is 2.40. The molecule has 1 amide bonds. The lowest BCUT2D eigenvalue weighted by Crippen LogP contribution is -2.15. The average molecular weight is 379 g/mol. The standard InChI is InChI=1S/C14H15BrN6O2/c1-8-6-12(19-23-8)16-14(22)11-4-5-20(18-11)7-21-10(3)13(15)9(2)17-21/h4-6H,7H2,1-3H3,(H,16,19,22). The van der Waals surface area contributed by atoms with Crippen molar-refractivity contribution < 1.29 is 9.32 Å². The molecule has 0 spiro atoms. The Hall–Kier alpha value is -2.42. The molecule has 3 rings (SSSR count). The van der Waals surface area contributed by atoms with Crippen LogP contribution < -0.4 is 5.32 Å². The third-order valence-electron chi connectivity index (χ3n) is 3.31. The molecule has 3 aromatic heterocycles. The third kappa shape index (κ3) is 3.19. The minimum absolute atomic E-state index is 0.297. The molecule has 0 saturated carbocycles. The zero-order chi connectivity index (χ0) is 16.6. The van der Waals surface area contributed by atoms with Gasteiger partial charge in [-0.3, -0.25) is 9.48 Å². The first-order valence-electron chi connectivity index (χ1n) is 6.91. The molecule has 120 valence electrons. The fraction of sp³-hybridized carbons (Fsp3) is 0.286. The van der Waals surface area contributed by atoms with Gasteiger partial charge < -0.3 is 9.84 Å². The van der Waals surface area contributed by atoms with E-state index < -0.39 is 0 Å². The highest BCUT2D eigenvalue weighted by molar-refractivity contribution is 9.10. The summed E-state index contributed by atoms with van der Waals surface area (Å²) in [5.41, 5.74) is 2.21. The molecule has 0 aliphatic carbocycles. The minimum atomic E-state index is -0.341. The molecule has 0 aliphatic heterocycles. The van der Waals surface area contributed by atoms with Crippen LogP contribution in [0.4, 0.5) is 5.82 Å². The lowest BCUT2D eigenvalue weighted by molar-refractivity contribution is 0.102. The van der Waals surface area contributed by atoms with Crippen molar-refractivity contribution in [3.05, 3.63) is 45.6 Å². The molecule has 0 bridgehead atoms. The maximum atomic E-state index is 12.1. The van der Waals surface area contributed by atoms with Crippen molar-refractivity contribution in [1.82, 2.24) is 24.7 Å². The summed E-state index contributed by atoms with van der Waals surface area (Å²) in [5, 5.41) is 15.0. The molecule has 0 aromatic carbocycles. The zero-order valence-corrected chi connectivity index (χ0v) is 14.5. The predicted molar refractivity (Wildman–Crippen MR) is 86.2 cm³/mol. The topological polar surface area (TPSA) is 90.8 Å². The van der Waals surface area contributed by atoms with E-state index in [0.717, 1.165) is 15.9 Å². The fourth-order valence-electron chi connectivity index (χ4n) is 2.12. The molecule has 8 nitrogen and oxygen atoms in total.